The van der Waals surface area contributed by atoms with E-state index in [1.807, 2.05) is 26.8 Å². The zero-order valence-electron chi connectivity index (χ0n) is 22.2. The van der Waals surface area contributed by atoms with Crippen molar-refractivity contribution < 1.29 is 33.6 Å². The second-order valence-electron chi connectivity index (χ2n) is 9.88. The Hall–Kier alpha value is -3.06. The van der Waals surface area contributed by atoms with Crippen LogP contribution in [0.2, 0.25) is 0 Å². The fourth-order valence-electron chi connectivity index (χ4n) is 3.97. The Labute approximate surface area is 221 Å². The number of aliphatic hydroxyl groups excluding tert-OH is 1. The molecule has 1 amide bonds. The number of aromatic nitrogens is 2. The van der Waals surface area contributed by atoms with Crippen molar-refractivity contribution in [1.29, 1.82) is 0 Å². The predicted molar refractivity (Wildman–Crippen MR) is 140 cm³/mol. The van der Waals surface area contributed by atoms with Crippen LogP contribution < -0.4 is 16.2 Å². The second kappa shape index (κ2) is 14.2. The summed E-state index contributed by atoms with van der Waals surface area (Å²) in [6.07, 6.45) is 1.17. The van der Waals surface area contributed by atoms with Crippen molar-refractivity contribution in [1.82, 2.24) is 15.1 Å². The minimum absolute atomic E-state index is 0.204. The topological polar surface area (TPSA) is 150 Å². The number of carbonyl (C=O) groups excluding carboxylic acids is 2. The lowest BCUT2D eigenvalue weighted by molar-refractivity contribution is -0.156. The fraction of sp³-hybridized carbons (Fsp3) is 0.615. The van der Waals surface area contributed by atoms with E-state index in [9.17, 15) is 19.5 Å². The van der Waals surface area contributed by atoms with Crippen molar-refractivity contribution >= 4 is 28.3 Å². The SMILES string of the molecule is CC(C)(C)OC(=O)CCOCCOCCOCCNc1cccc2cnn(C3CCC(=O)NC3O)c(=O)c12. The van der Waals surface area contributed by atoms with Gasteiger partial charge in [0.2, 0.25) is 5.91 Å². The van der Waals surface area contributed by atoms with Crippen LogP contribution in [0.4, 0.5) is 5.69 Å². The first-order chi connectivity index (χ1) is 18.2. The summed E-state index contributed by atoms with van der Waals surface area (Å²) in [5, 5.41) is 21.3. The maximum atomic E-state index is 13.2. The molecule has 1 aromatic carbocycles. The number of anilines is 1. The maximum absolute atomic E-state index is 13.2. The number of carbonyl (C=O) groups is 2. The van der Waals surface area contributed by atoms with E-state index in [1.54, 1.807) is 18.3 Å². The van der Waals surface area contributed by atoms with Crippen LogP contribution in [-0.2, 0) is 28.5 Å². The molecule has 38 heavy (non-hydrogen) atoms. The van der Waals surface area contributed by atoms with Crippen LogP contribution in [0.5, 0.6) is 0 Å². The number of hydrogen-bond donors (Lipinski definition) is 3. The molecule has 1 fully saturated rings. The van der Waals surface area contributed by atoms with Crippen LogP contribution >= 0.6 is 0 Å². The first-order valence-corrected chi connectivity index (χ1v) is 12.8. The third kappa shape index (κ3) is 9.05. The molecule has 0 bridgehead atoms. The van der Waals surface area contributed by atoms with Gasteiger partial charge in [-0.3, -0.25) is 14.4 Å². The van der Waals surface area contributed by atoms with Gasteiger partial charge in [0.25, 0.3) is 5.56 Å². The lowest BCUT2D eigenvalue weighted by Gasteiger charge is -2.28. The molecule has 2 unspecified atom stereocenters. The molecular formula is C26H38N4O8. The van der Waals surface area contributed by atoms with Gasteiger partial charge in [-0.15, -0.1) is 0 Å². The number of fused-ring (bicyclic) bond motifs is 1. The average Bonchev–Trinajstić information content (AvgIpc) is 2.84. The van der Waals surface area contributed by atoms with Crippen LogP contribution in [0.1, 0.15) is 46.1 Å². The summed E-state index contributed by atoms with van der Waals surface area (Å²) in [6.45, 7) is 8.20. The molecule has 12 heteroatoms. The van der Waals surface area contributed by atoms with Crippen molar-refractivity contribution in [2.24, 2.45) is 0 Å². The smallest absolute Gasteiger partial charge is 0.308 e. The summed E-state index contributed by atoms with van der Waals surface area (Å²) in [4.78, 5) is 36.3. The molecule has 0 aliphatic carbocycles. The number of nitrogens with one attached hydrogen (secondary N) is 2. The molecule has 12 nitrogen and oxygen atoms in total. The second-order valence-corrected chi connectivity index (χ2v) is 9.88. The molecule has 2 atom stereocenters. The quantitative estimate of drug-likeness (QED) is 0.239. The standard InChI is InChI=1S/C26H38N4O8/c1-26(2,3)38-22(32)9-11-35-13-15-37-16-14-36-12-10-27-19-6-4-5-18-17-28-30(25(34)23(18)19)20-7-8-21(31)29-24(20)33/h4-6,17,20,24,27,33H,7-16H2,1-3H3,(H,29,31). The van der Waals surface area contributed by atoms with Gasteiger partial charge in [-0.25, -0.2) is 4.68 Å². The first kappa shape index (κ1) is 29.5. The molecule has 210 valence electrons. The largest absolute Gasteiger partial charge is 0.460 e. The molecule has 0 spiro atoms. The van der Waals surface area contributed by atoms with Gasteiger partial charge < -0.3 is 34.7 Å². The highest BCUT2D eigenvalue weighted by Crippen LogP contribution is 2.23. The van der Waals surface area contributed by atoms with Crippen molar-refractivity contribution in [3.05, 3.63) is 34.7 Å². The van der Waals surface area contributed by atoms with E-state index in [-0.39, 0.29) is 36.9 Å². The van der Waals surface area contributed by atoms with E-state index in [4.69, 9.17) is 18.9 Å². The summed E-state index contributed by atoms with van der Waals surface area (Å²) in [5.41, 5.74) is -0.195. The molecule has 0 saturated carbocycles. The summed E-state index contributed by atoms with van der Waals surface area (Å²) < 4.78 is 22.9. The van der Waals surface area contributed by atoms with E-state index in [1.165, 1.54) is 4.68 Å². The number of aliphatic hydroxyl groups is 1. The van der Waals surface area contributed by atoms with E-state index in [0.29, 0.717) is 62.5 Å². The summed E-state index contributed by atoms with van der Waals surface area (Å²) in [7, 11) is 0. The summed E-state index contributed by atoms with van der Waals surface area (Å²) in [5.74, 6) is -0.539. The average molecular weight is 535 g/mol. The highest BCUT2D eigenvalue weighted by molar-refractivity contribution is 5.92. The first-order valence-electron chi connectivity index (χ1n) is 12.8. The molecule has 2 aromatic rings. The van der Waals surface area contributed by atoms with E-state index in [0.717, 1.165) is 0 Å². The van der Waals surface area contributed by atoms with Crippen molar-refractivity contribution in [3.63, 3.8) is 0 Å². The maximum Gasteiger partial charge on any atom is 0.308 e. The lowest BCUT2D eigenvalue weighted by Crippen LogP contribution is -2.48. The molecular weight excluding hydrogens is 496 g/mol. The Balaban J connectivity index is 1.35. The van der Waals surface area contributed by atoms with Crippen LogP contribution in [0, 0.1) is 0 Å². The van der Waals surface area contributed by atoms with E-state index >= 15 is 0 Å². The Bertz CT molecular complexity index is 1130. The minimum atomic E-state index is -1.17. The third-order valence-corrected chi connectivity index (χ3v) is 5.67. The van der Waals surface area contributed by atoms with Crippen LogP contribution in [0.15, 0.2) is 29.2 Å². The Kier molecular flexibility index (Phi) is 11.0. The summed E-state index contributed by atoms with van der Waals surface area (Å²) >= 11 is 0. The Morgan fingerprint density at radius 1 is 1.11 bits per heavy atom. The monoisotopic (exact) mass is 534 g/mol. The fourth-order valence-corrected chi connectivity index (χ4v) is 3.97. The highest BCUT2D eigenvalue weighted by atomic mass is 16.6. The number of amides is 1. The van der Waals surface area contributed by atoms with Gasteiger partial charge in [-0.05, 0) is 33.3 Å². The normalized spacial score (nSPS) is 17.8. The van der Waals surface area contributed by atoms with Crippen LogP contribution in [0.3, 0.4) is 0 Å². The highest BCUT2D eigenvalue weighted by Gasteiger charge is 2.30. The van der Waals surface area contributed by atoms with E-state index < -0.39 is 17.9 Å². The molecule has 0 radical (unpaired) electrons. The van der Waals surface area contributed by atoms with Crippen molar-refractivity contribution in [2.75, 3.05) is 51.5 Å². The minimum Gasteiger partial charge on any atom is -0.460 e. The molecule has 1 aromatic heterocycles. The number of rotatable bonds is 14. The number of piperidine rings is 1. The summed E-state index contributed by atoms with van der Waals surface area (Å²) in [6, 6.07) is 4.80. The van der Waals surface area contributed by atoms with Gasteiger partial charge in [0.1, 0.15) is 17.9 Å². The molecule has 3 rings (SSSR count). The molecule has 3 N–H and O–H groups in total. The third-order valence-electron chi connectivity index (χ3n) is 5.67. The zero-order valence-corrected chi connectivity index (χ0v) is 22.2. The van der Waals surface area contributed by atoms with Gasteiger partial charge in [-0.1, -0.05) is 12.1 Å². The lowest BCUT2D eigenvalue weighted by atomic mass is 10.0. The van der Waals surface area contributed by atoms with Gasteiger partial charge in [0.15, 0.2) is 0 Å². The van der Waals surface area contributed by atoms with Gasteiger partial charge in [-0.2, -0.15) is 5.10 Å². The van der Waals surface area contributed by atoms with Crippen LogP contribution in [0.25, 0.3) is 10.8 Å². The predicted octanol–water partition coefficient (Wildman–Crippen LogP) is 1.36. The van der Waals surface area contributed by atoms with E-state index in [2.05, 4.69) is 15.7 Å². The number of benzene rings is 1. The van der Waals surface area contributed by atoms with Gasteiger partial charge >= 0.3 is 5.97 Å². The zero-order chi connectivity index (χ0) is 27.5. The number of esters is 1. The van der Waals surface area contributed by atoms with Crippen molar-refractivity contribution in [2.45, 2.75) is 57.9 Å². The number of ether oxygens (including phenoxy) is 4. The number of hydrogen-bond acceptors (Lipinski definition) is 10. The number of nitrogens with zero attached hydrogens (tertiary/aromatic N) is 2. The molecule has 1 aliphatic rings. The van der Waals surface area contributed by atoms with Crippen molar-refractivity contribution in [3.8, 4) is 0 Å². The van der Waals surface area contributed by atoms with Crippen LogP contribution in [-0.4, -0.2) is 84.8 Å². The Morgan fingerprint density at radius 2 is 1.79 bits per heavy atom. The molecule has 1 aliphatic heterocycles. The van der Waals surface area contributed by atoms with Gasteiger partial charge in [0, 0.05) is 24.0 Å². The Morgan fingerprint density at radius 3 is 2.47 bits per heavy atom. The van der Waals surface area contributed by atoms with Gasteiger partial charge in [0.05, 0.1) is 57.6 Å². The molecule has 1 saturated heterocycles. The molecule has 2 heterocycles.